The highest BCUT2D eigenvalue weighted by molar-refractivity contribution is 5.77. The second-order valence-corrected chi connectivity index (χ2v) is 5.36. The third-order valence-electron chi connectivity index (χ3n) is 3.49. The Balaban J connectivity index is 2.16. The highest BCUT2D eigenvalue weighted by Crippen LogP contribution is 2.21. The molecule has 0 atom stereocenters. The number of hydrogen-bond acceptors (Lipinski definition) is 2. The van der Waals surface area contributed by atoms with Gasteiger partial charge in [-0.05, 0) is 26.8 Å². The molecule has 1 fully saturated rings. The van der Waals surface area contributed by atoms with Crippen LogP contribution in [0.4, 0.5) is 0 Å². The van der Waals surface area contributed by atoms with Crippen LogP contribution in [0.3, 0.4) is 0 Å². The molecular weight excluding hydrogens is 224 g/mol. The molecule has 104 valence electrons. The summed E-state index contributed by atoms with van der Waals surface area (Å²) in [5.74, 6) is 0.523. The van der Waals surface area contributed by atoms with Gasteiger partial charge in [-0.1, -0.05) is 31.4 Å². The fourth-order valence-corrected chi connectivity index (χ4v) is 2.34. The number of likely N-dealkylation sites (N-methyl/N-ethyl adjacent to an activating group) is 1. The predicted molar refractivity (Wildman–Crippen MR) is 78.8 cm³/mol. The lowest BCUT2D eigenvalue weighted by atomic mass is 9.94. The summed E-state index contributed by atoms with van der Waals surface area (Å²) in [5.41, 5.74) is 6.79. The predicted octanol–water partition coefficient (Wildman–Crippen LogP) is 1.73. The van der Waals surface area contributed by atoms with Gasteiger partial charge in [0.2, 0.25) is 0 Å². The van der Waals surface area contributed by atoms with Gasteiger partial charge in [0, 0.05) is 19.1 Å². The molecule has 0 heterocycles. The minimum Gasteiger partial charge on any atom is -0.370 e. The van der Waals surface area contributed by atoms with Crippen molar-refractivity contribution in [3.05, 3.63) is 12.2 Å². The maximum Gasteiger partial charge on any atom is 0.188 e. The van der Waals surface area contributed by atoms with Crippen LogP contribution in [0.5, 0.6) is 0 Å². The Morgan fingerprint density at radius 2 is 2.06 bits per heavy atom. The summed E-state index contributed by atoms with van der Waals surface area (Å²) in [6, 6.07) is 0.758. The molecule has 1 saturated carbocycles. The van der Waals surface area contributed by atoms with Crippen LogP contribution >= 0.6 is 0 Å². The number of aliphatic imine (C=N–C) groups is 1. The van der Waals surface area contributed by atoms with Crippen molar-refractivity contribution in [3.8, 4) is 0 Å². The van der Waals surface area contributed by atoms with Gasteiger partial charge in [0.25, 0.3) is 0 Å². The summed E-state index contributed by atoms with van der Waals surface area (Å²) in [6.45, 7) is 8.24. The van der Waals surface area contributed by atoms with E-state index < -0.39 is 0 Å². The molecule has 0 amide bonds. The van der Waals surface area contributed by atoms with Crippen molar-refractivity contribution in [2.45, 2.75) is 45.1 Å². The number of nitrogens with one attached hydrogen (secondary N) is 1. The first-order valence-corrected chi connectivity index (χ1v) is 6.98. The van der Waals surface area contributed by atoms with E-state index in [0.717, 1.165) is 24.7 Å². The van der Waals surface area contributed by atoms with Crippen molar-refractivity contribution in [3.63, 3.8) is 0 Å². The van der Waals surface area contributed by atoms with Crippen molar-refractivity contribution < 1.29 is 0 Å². The first kappa shape index (κ1) is 15.0. The van der Waals surface area contributed by atoms with Crippen molar-refractivity contribution in [2.75, 3.05) is 26.7 Å². The van der Waals surface area contributed by atoms with Gasteiger partial charge in [-0.25, -0.2) is 4.99 Å². The molecule has 0 aliphatic heterocycles. The lowest BCUT2D eigenvalue weighted by molar-refractivity contribution is 0.194. The highest BCUT2D eigenvalue weighted by atomic mass is 15.2. The molecule has 0 saturated heterocycles. The zero-order valence-electron chi connectivity index (χ0n) is 11.9. The highest BCUT2D eigenvalue weighted by Gasteiger charge is 2.17. The van der Waals surface area contributed by atoms with Crippen LogP contribution < -0.4 is 11.1 Å². The van der Waals surface area contributed by atoms with Crippen LogP contribution in [0.2, 0.25) is 0 Å². The Labute approximate surface area is 111 Å². The van der Waals surface area contributed by atoms with Crippen LogP contribution in [-0.2, 0) is 0 Å². The quantitative estimate of drug-likeness (QED) is 0.430. The standard InChI is InChI=1S/C14H28N4/c1-12(2)11-17-14(15)16-9-10-18(3)13-7-5-4-6-8-13/h13H,1,4-11H2,2-3H3,(H3,15,16,17). The maximum absolute atomic E-state index is 5.77. The molecule has 0 aromatic carbocycles. The van der Waals surface area contributed by atoms with Crippen LogP contribution in [0.15, 0.2) is 17.1 Å². The van der Waals surface area contributed by atoms with Gasteiger partial charge in [-0.2, -0.15) is 0 Å². The van der Waals surface area contributed by atoms with Gasteiger partial charge < -0.3 is 16.0 Å². The lowest BCUT2D eigenvalue weighted by Gasteiger charge is -2.31. The van der Waals surface area contributed by atoms with Crippen LogP contribution in [0.25, 0.3) is 0 Å². The number of hydrogen-bond donors (Lipinski definition) is 2. The average Bonchev–Trinajstić information content (AvgIpc) is 2.37. The van der Waals surface area contributed by atoms with E-state index in [1.54, 1.807) is 0 Å². The lowest BCUT2D eigenvalue weighted by Crippen LogP contribution is -2.41. The Hall–Kier alpha value is -1.03. The summed E-state index contributed by atoms with van der Waals surface area (Å²) in [5, 5.41) is 3.15. The Morgan fingerprint density at radius 3 is 2.67 bits per heavy atom. The monoisotopic (exact) mass is 252 g/mol. The molecule has 1 rings (SSSR count). The van der Waals surface area contributed by atoms with Gasteiger partial charge >= 0.3 is 0 Å². The number of guanidine groups is 1. The SMILES string of the molecule is C=C(C)CN=C(N)NCCN(C)C1CCCCC1. The summed E-state index contributed by atoms with van der Waals surface area (Å²) >= 11 is 0. The number of rotatable bonds is 6. The third-order valence-corrected chi connectivity index (χ3v) is 3.49. The van der Waals surface area contributed by atoms with Gasteiger partial charge in [0.15, 0.2) is 5.96 Å². The molecule has 1 aliphatic rings. The summed E-state index contributed by atoms with van der Waals surface area (Å²) in [4.78, 5) is 6.64. The molecule has 0 unspecified atom stereocenters. The zero-order valence-corrected chi connectivity index (χ0v) is 11.9. The van der Waals surface area contributed by atoms with Crippen molar-refractivity contribution in [1.82, 2.24) is 10.2 Å². The third kappa shape index (κ3) is 6.05. The normalized spacial score (nSPS) is 18.1. The fourth-order valence-electron chi connectivity index (χ4n) is 2.34. The minimum absolute atomic E-state index is 0.523. The first-order chi connectivity index (χ1) is 8.59. The van der Waals surface area contributed by atoms with E-state index in [1.165, 1.54) is 32.1 Å². The molecule has 0 spiro atoms. The van der Waals surface area contributed by atoms with Gasteiger partial charge in [-0.15, -0.1) is 0 Å². The van der Waals surface area contributed by atoms with E-state index in [0.29, 0.717) is 12.5 Å². The molecule has 0 aromatic rings. The van der Waals surface area contributed by atoms with Gasteiger partial charge in [-0.3, -0.25) is 0 Å². The summed E-state index contributed by atoms with van der Waals surface area (Å²) in [7, 11) is 2.21. The molecule has 18 heavy (non-hydrogen) atoms. The van der Waals surface area contributed by atoms with E-state index in [4.69, 9.17) is 5.73 Å². The largest absolute Gasteiger partial charge is 0.370 e. The Bertz CT molecular complexity index is 280. The number of nitrogens with zero attached hydrogens (tertiary/aromatic N) is 2. The van der Waals surface area contributed by atoms with Gasteiger partial charge in [0.05, 0.1) is 6.54 Å². The van der Waals surface area contributed by atoms with E-state index >= 15 is 0 Å². The van der Waals surface area contributed by atoms with Crippen molar-refractivity contribution in [1.29, 1.82) is 0 Å². The summed E-state index contributed by atoms with van der Waals surface area (Å²) in [6.07, 6.45) is 6.85. The zero-order chi connectivity index (χ0) is 13.4. The molecule has 1 aliphatic carbocycles. The van der Waals surface area contributed by atoms with Crippen LogP contribution in [0, 0.1) is 0 Å². The van der Waals surface area contributed by atoms with E-state index in [9.17, 15) is 0 Å². The molecule has 0 bridgehead atoms. The van der Waals surface area contributed by atoms with E-state index in [2.05, 4.69) is 28.8 Å². The number of nitrogens with two attached hydrogens (primary N) is 1. The second kappa shape index (κ2) is 8.14. The molecule has 0 radical (unpaired) electrons. The topological polar surface area (TPSA) is 53.6 Å². The first-order valence-electron chi connectivity index (χ1n) is 6.98. The average molecular weight is 252 g/mol. The van der Waals surface area contributed by atoms with Crippen LogP contribution in [0.1, 0.15) is 39.0 Å². The molecule has 3 N–H and O–H groups in total. The Kier molecular flexibility index (Phi) is 6.80. The van der Waals surface area contributed by atoms with Crippen LogP contribution in [-0.4, -0.2) is 43.6 Å². The fraction of sp³-hybridized carbons (Fsp3) is 0.786. The molecule has 4 heteroatoms. The maximum atomic E-state index is 5.77. The van der Waals surface area contributed by atoms with Gasteiger partial charge in [0.1, 0.15) is 0 Å². The van der Waals surface area contributed by atoms with E-state index in [-0.39, 0.29) is 0 Å². The molecule has 4 nitrogen and oxygen atoms in total. The minimum atomic E-state index is 0.523. The smallest absolute Gasteiger partial charge is 0.188 e. The molecule has 0 aromatic heterocycles. The van der Waals surface area contributed by atoms with E-state index in [1.807, 2.05) is 6.92 Å². The second-order valence-electron chi connectivity index (χ2n) is 5.36. The van der Waals surface area contributed by atoms with Crippen molar-refractivity contribution >= 4 is 5.96 Å². The Morgan fingerprint density at radius 1 is 1.39 bits per heavy atom. The summed E-state index contributed by atoms with van der Waals surface area (Å²) < 4.78 is 0. The molecular formula is C14H28N4. The van der Waals surface area contributed by atoms with Crippen molar-refractivity contribution in [2.24, 2.45) is 10.7 Å².